The Morgan fingerprint density at radius 1 is 0.880 bits per heavy atom. The second kappa shape index (κ2) is 9.02. The minimum atomic E-state index is 0.349. The largest absolute Gasteiger partial charge is 0.508 e. The number of nitrogens with zero attached hydrogens (tertiary/aromatic N) is 1. The lowest BCUT2D eigenvalue weighted by atomic mass is 9.88. The first-order chi connectivity index (χ1) is 12.2. The molecule has 1 saturated carbocycles. The van der Waals surface area contributed by atoms with Gasteiger partial charge in [-0.25, -0.2) is 0 Å². The molecule has 134 valence electrons. The van der Waals surface area contributed by atoms with E-state index in [1.165, 1.54) is 48.8 Å². The van der Waals surface area contributed by atoms with E-state index in [-0.39, 0.29) is 0 Å². The molecule has 0 amide bonds. The van der Waals surface area contributed by atoms with Gasteiger partial charge < -0.3 is 10.8 Å². The van der Waals surface area contributed by atoms with Crippen molar-refractivity contribution < 1.29 is 5.11 Å². The van der Waals surface area contributed by atoms with Crippen molar-refractivity contribution in [2.24, 2.45) is 11.7 Å². The predicted octanol–water partition coefficient (Wildman–Crippen LogP) is 4.43. The van der Waals surface area contributed by atoms with Gasteiger partial charge in [-0.05, 0) is 47.6 Å². The van der Waals surface area contributed by atoms with Crippen LogP contribution in [0.5, 0.6) is 5.75 Å². The molecule has 0 saturated heterocycles. The van der Waals surface area contributed by atoms with Crippen LogP contribution in [-0.2, 0) is 19.6 Å². The highest BCUT2D eigenvalue weighted by atomic mass is 16.3. The number of hydrogen-bond donors (Lipinski definition) is 2. The lowest BCUT2D eigenvalue weighted by Crippen LogP contribution is -2.30. The molecule has 25 heavy (non-hydrogen) atoms. The number of rotatable bonds is 7. The summed E-state index contributed by atoms with van der Waals surface area (Å²) in [6.45, 7) is 3.55. The number of nitrogens with two attached hydrogens (primary N) is 1. The van der Waals surface area contributed by atoms with Crippen LogP contribution in [-0.4, -0.2) is 16.6 Å². The number of hydrogen-bond acceptors (Lipinski definition) is 3. The molecule has 2 aromatic carbocycles. The van der Waals surface area contributed by atoms with E-state index in [1.54, 1.807) is 6.07 Å². The minimum absolute atomic E-state index is 0.349. The van der Waals surface area contributed by atoms with Crippen LogP contribution in [0.3, 0.4) is 0 Å². The van der Waals surface area contributed by atoms with Crippen molar-refractivity contribution >= 4 is 0 Å². The molecule has 0 heterocycles. The van der Waals surface area contributed by atoms with Crippen molar-refractivity contribution in [1.29, 1.82) is 0 Å². The molecule has 3 N–H and O–H groups in total. The van der Waals surface area contributed by atoms with Crippen molar-refractivity contribution in [3.63, 3.8) is 0 Å². The van der Waals surface area contributed by atoms with Crippen molar-refractivity contribution in [1.82, 2.24) is 4.90 Å². The molecule has 0 bridgehead atoms. The van der Waals surface area contributed by atoms with E-state index in [0.717, 1.165) is 25.6 Å². The molecule has 3 rings (SSSR count). The van der Waals surface area contributed by atoms with Crippen molar-refractivity contribution in [3.05, 3.63) is 65.2 Å². The van der Waals surface area contributed by atoms with E-state index in [1.807, 2.05) is 12.1 Å². The minimum Gasteiger partial charge on any atom is -0.508 e. The zero-order valence-electron chi connectivity index (χ0n) is 15.0. The summed E-state index contributed by atoms with van der Waals surface area (Å²) in [5.74, 6) is 1.15. The van der Waals surface area contributed by atoms with Gasteiger partial charge in [0.25, 0.3) is 0 Å². The third-order valence-electron chi connectivity index (χ3n) is 5.22. The van der Waals surface area contributed by atoms with Gasteiger partial charge in [-0.2, -0.15) is 0 Å². The van der Waals surface area contributed by atoms with Crippen LogP contribution in [0, 0.1) is 5.92 Å². The standard InChI is InChI=1S/C22H30N2O/c23-14-18-9-11-20(12-10-18)16-24(15-19-5-2-1-3-6-19)17-21-7-4-8-22(25)13-21/h4,7-13,19,25H,1-3,5-6,14-17,23H2. The molecule has 0 aromatic heterocycles. The monoisotopic (exact) mass is 338 g/mol. The average Bonchev–Trinajstić information content (AvgIpc) is 2.63. The maximum absolute atomic E-state index is 9.76. The number of phenols is 1. The van der Waals surface area contributed by atoms with E-state index in [9.17, 15) is 5.11 Å². The summed E-state index contributed by atoms with van der Waals surface area (Å²) in [6, 6.07) is 16.3. The second-order valence-electron chi connectivity index (χ2n) is 7.36. The molecule has 0 unspecified atom stereocenters. The van der Waals surface area contributed by atoms with Crippen LogP contribution in [0.25, 0.3) is 0 Å². The van der Waals surface area contributed by atoms with E-state index in [0.29, 0.717) is 12.3 Å². The Labute approximate surface area is 151 Å². The summed E-state index contributed by atoms with van der Waals surface area (Å²) in [4.78, 5) is 2.53. The van der Waals surface area contributed by atoms with E-state index >= 15 is 0 Å². The number of phenolic OH excluding ortho intramolecular Hbond substituents is 1. The Morgan fingerprint density at radius 3 is 2.24 bits per heavy atom. The predicted molar refractivity (Wildman–Crippen MR) is 103 cm³/mol. The first kappa shape index (κ1) is 18.0. The molecule has 1 aliphatic carbocycles. The SMILES string of the molecule is NCc1ccc(CN(Cc2cccc(O)c2)CC2CCCCC2)cc1. The molecule has 3 nitrogen and oxygen atoms in total. The summed E-state index contributed by atoms with van der Waals surface area (Å²) in [5, 5.41) is 9.76. The third-order valence-corrected chi connectivity index (χ3v) is 5.22. The highest BCUT2D eigenvalue weighted by Crippen LogP contribution is 2.26. The van der Waals surface area contributed by atoms with Crippen LogP contribution >= 0.6 is 0 Å². The Balaban J connectivity index is 1.70. The average molecular weight is 338 g/mol. The van der Waals surface area contributed by atoms with Crippen molar-refractivity contribution in [3.8, 4) is 5.75 Å². The molecule has 0 radical (unpaired) electrons. The molecular formula is C22H30N2O. The summed E-state index contributed by atoms with van der Waals surface area (Å²) >= 11 is 0. The zero-order valence-corrected chi connectivity index (χ0v) is 15.0. The van der Waals surface area contributed by atoms with Gasteiger partial charge in [0.05, 0.1) is 0 Å². The Morgan fingerprint density at radius 2 is 1.56 bits per heavy atom. The first-order valence-electron chi connectivity index (χ1n) is 9.51. The number of benzene rings is 2. The first-order valence-corrected chi connectivity index (χ1v) is 9.51. The van der Waals surface area contributed by atoms with Gasteiger partial charge in [0.2, 0.25) is 0 Å². The van der Waals surface area contributed by atoms with Crippen LogP contribution in [0.1, 0.15) is 48.8 Å². The molecule has 3 heteroatoms. The number of aromatic hydroxyl groups is 1. The van der Waals surface area contributed by atoms with Gasteiger partial charge in [0.1, 0.15) is 5.75 Å². The van der Waals surface area contributed by atoms with Crippen LogP contribution < -0.4 is 5.73 Å². The topological polar surface area (TPSA) is 49.5 Å². The van der Waals surface area contributed by atoms with Crippen LogP contribution in [0.2, 0.25) is 0 Å². The zero-order chi connectivity index (χ0) is 17.5. The van der Waals surface area contributed by atoms with E-state index in [2.05, 4.69) is 35.2 Å². The molecule has 1 aliphatic rings. The second-order valence-corrected chi connectivity index (χ2v) is 7.36. The lowest BCUT2D eigenvalue weighted by Gasteiger charge is -2.30. The molecule has 0 aliphatic heterocycles. The van der Waals surface area contributed by atoms with Crippen molar-refractivity contribution in [2.75, 3.05) is 6.54 Å². The van der Waals surface area contributed by atoms with Crippen molar-refractivity contribution in [2.45, 2.75) is 51.7 Å². The maximum atomic E-state index is 9.76. The van der Waals surface area contributed by atoms with Gasteiger partial charge in [-0.1, -0.05) is 55.7 Å². The van der Waals surface area contributed by atoms with Gasteiger partial charge in [-0.15, -0.1) is 0 Å². The van der Waals surface area contributed by atoms with E-state index < -0.39 is 0 Å². The molecule has 0 spiro atoms. The third kappa shape index (κ3) is 5.58. The molecular weight excluding hydrogens is 308 g/mol. The van der Waals surface area contributed by atoms with Gasteiger partial charge in [0, 0.05) is 26.2 Å². The van der Waals surface area contributed by atoms with Gasteiger partial charge in [-0.3, -0.25) is 4.90 Å². The summed E-state index contributed by atoms with van der Waals surface area (Å²) in [6.07, 6.45) is 6.83. The Kier molecular flexibility index (Phi) is 6.48. The summed E-state index contributed by atoms with van der Waals surface area (Å²) < 4.78 is 0. The Bertz CT molecular complexity index is 647. The fourth-order valence-electron chi connectivity index (χ4n) is 3.87. The van der Waals surface area contributed by atoms with Crippen LogP contribution in [0.15, 0.2) is 48.5 Å². The maximum Gasteiger partial charge on any atom is 0.115 e. The fraction of sp³-hybridized carbons (Fsp3) is 0.455. The molecule has 2 aromatic rings. The molecule has 0 atom stereocenters. The summed E-state index contributed by atoms with van der Waals surface area (Å²) in [5.41, 5.74) is 9.39. The quantitative estimate of drug-likeness (QED) is 0.785. The van der Waals surface area contributed by atoms with Gasteiger partial charge in [0.15, 0.2) is 0 Å². The normalized spacial score (nSPS) is 15.6. The Hall–Kier alpha value is -1.84. The molecule has 1 fully saturated rings. The summed E-state index contributed by atoms with van der Waals surface area (Å²) in [7, 11) is 0. The highest BCUT2D eigenvalue weighted by molar-refractivity contribution is 5.27. The van der Waals surface area contributed by atoms with E-state index in [4.69, 9.17) is 5.73 Å². The highest BCUT2D eigenvalue weighted by Gasteiger charge is 2.18. The smallest absolute Gasteiger partial charge is 0.115 e. The van der Waals surface area contributed by atoms with Gasteiger partial charge >= 0.3 is 0 Å². The fourth-order valence-corrected chi connectivity index (χ4v) is 3.87. The van der Waals surface area contributed by atoms with Crippen LogP contribution in [0.4, 0.5) is 0 Å². The lowest BCUT2D eigenvalue weighted by molar-refractivity contribution is 0.187.